The molecule has 1 aromatic carbocycles. The minimum absolute atomic E-state index is 0.0180. The van der Waals surface area contributed by atoms with Gasteiger partial charge in [-0.15, -0.1) is 11.8 Å². The average molecular weight is 193 g/mol. The van der Waals surface area contributed by atoms with Gasteiger partial charge in [0.2, 0.25) is 5.91 Å². The minimum Gasteiger partial charge on any atom is -0.325 e. The van der Waals surface area contributed by atoms with Crippen molar-refractivity contribution in [3.8, 4) is 0 Å². The van der Waals surface area contributed by atoms with Crippen molar-refractivity contribution in [2.75, 3.05) is 11.6 Å². The van der Waals surface area contributed by atoms with Crippen LogP contribution in [0.5, 0.6) is 0 Å². The number of rotatable bonds is 1. The number of carbonyl (C=O) groups excluding carboxylic acids is 1. The molecule has 1 atom stereocenters. The molecule has 1 unspecified atom stereocenters. The van der Waals surface area contributed by atoms with Crippen LogP contribution in [0.25, 0.3) is 0 Å². The number of aryl methyl sites for hydroxylation is 1. The molecule has 2 rings (SSSR count). The minimum atomic E-state index is -0.0180. The lowest BCUT2D eigenvalue weighted by Crippen LogP contribution is -2.08. The van der Waals surface area contributed by atoms with E-state index in [2.05, 4.69) is 5.32 Å². The van der Waals surface area contributed by atoms with Crippen LogP contribution in [0.2, 0.25) is 0 Å². The monoisotopic (exact) mass is 193 g/mol. The third kappa shape index (κ3) is 1.33. The summed E-state index contributed by atoms with van der Waals surface area (Å²) in [4.78, 5) is 11.4. The normalized spacial score (nSPS) is 19.8. The number of benzene rings is 1. The van der Waals surface area contributed by atoms with Crippen molar-refractivity contribution < 1.29 is 4.79 Å². The number of hydrogen-bond donors (Lipinski definition) is 1. The van der Waals surface area contributed by atoms with Gasteiger partial charge in [0.05, 0.1) is 0 Å². The predicted octanol–water partition coefficient (Wildman–Crippen LogP) is 2.35. The maximum atomic E-state index is 11.4. The van der Waals surface area contributed by atoms with Crippen molar-refractivity contribution in [2.45, 2.75) is 12.2 Å². The molecule has 1 heterocycles. The second-order valence-electron chi connectivity index (χ2n) is 3.20. The van der Waals surface area contributed by atoms with Gasteiger partial charge in [0, 0.05) is 5.69 Å². The standard InChI is InChI=1S/C10H11NOS/c1-6-3-4-7-8(5-6)11-10(12)9(7)13-2/h3-5,9H,1-2H3,(H,11,12). The molecule has 0 aromatic heterocycles. The highest BCUT2D eigenvalue weighted by atomic mass is 32.2. The molecule has 0 bridgehead atoms. The van der Waals surface area contributed by atoms with Gasteiger partial charge in [-0.05, 0) is 30.4 Å². The summed E-state index contributed by atoms with van der Waals surface area (Å²) in [7, 11) is 0. The Balaban J connectivity index is 2.48. The second kappa shape index (κ2) is 3.07. The molecule has 1 amide bonds. The Morgan fingerprint density at radius 1 is 1.46 bits per heavy atom. The van der Waals surface area contributed by atoms with E-state index in [1.54, 1.807) is 11.8 Å². The van der Waals surface area contributed by atoms with Gasteiger partial charge in [-0.25, -0.2) is 0 Å². The molecule has 0 saturated heterocycles. The summed E-state index contributed by atoms with van der Waals surface area (Å²) >= 11 is 1.58. The number of amides is 1. The lowest BCUT2D eigenvalue weighted by atomic mass is 10.1. The maximum absolute atomic E-state index is 11.4. The van der Waals surface area contributed by atoms with E-state index >= 15 is 0 Å². The molecular weight excluding hydrogens is 182 g/mol. The van der Waals surface area contributed by atoms with E-state index in [-0.39, 0.29) is 11.2 Å². The van der Waals surface area contributed by atoms with Crippen molar-refractivity contribution in [3.63, 3.8) is 0 Å². The zero-order chi connectivity index (χ0) is 9.42. The summed E-state index contributed by atoms with van der Waals surface area (Å²) in [6.07, 6.45) is 1.96. The highest BCUT2D eigenvalue weighted by Gasteiger charge is 2.29. The maximum Gasteiger partial charge on any atom is 0.242 e. The van der Waals surface area contributed by atoms with Crippen LogP contribution in [0, 0.1) is 6.92 Å². The summed E-state index contributed by atoms with van der Waals surface area (Å²) in [5, 5.41) is 2.86. The Morgan fingerprint density at radius 3 is 2.92 bits per heavy atom. The van der Waals surface area contributed by atoms with Crippen molar-refractivity contribution >= 4 is 23.4 Å². The molecule has 3 heteroatoms. The van der Waals surface area contributed by atoms with Crippen LogP contribution in [-0.2, 0) is 4.79 Å². The van der Waals surface area contributed by atoms with Gasteiger partial charge in [-0.1, -0.05) is 12.1 Å². The van der Waals surface area contributed by atoms with Crippen molar-refractivity contribution in [1.29, 1.82) is 0 Å². The van der Waals surface area contributed by atoms with E-state index in [4.69, 9.17) is 0 Å². The molecule has 68 valence electrons. The van der Waals surface area contributed by atoms with Gasteiger partial charge >= 0.3 is 0 Å². The first-order chi connectivity index (χ1) is 6.22. The van der Waals surface area contributed by atoms with Gasteiger partial charge < -0.3 is 5.32 Å². The number of hydrogen-bond acceptors (Lipinski definition) is 2. The third-order valence-electron chi connectivity index (χ3n) is 2.22. The van der Waals surface area contributed by atoms with Gasteiger partial charge in [-0.3, -0.25) is 4.79 Å². The lowest BCUT2D eigenvalue weighted by Gasteiger charge is -2.03. The summed E-state index contributed by atoms with van der Waals surface area (Å²) in [5.74, 6) is 0.105. The molecule has 1 aromatic rings. The van der Waals surface area contributed by atoms with Crippen LogP contribution in [0.1, 0.15) is 16.4 Å². The Morgan fingerprint density at radius 2 is 2.23 bits per heavy atom. The van der Waals surface area contributed by atoms with E-state index in [1.165, 1.54) is 5.56 Å². The first kappa shape index (κ1) is 8.63. The van der Waals surface area contributed by atoms with E-state index in [0.717, 1.165) is 11.3 Å². The number of carbonyl (C=O) groups is 1. The Labute approximate surface area is 81.7 Å². The zero-order valence-electron chi connectivity index (χ0n) is 7.63. The van der Waals surface area contributed by atoms with Crippen molar-refractivity contribution in [1.82, 2.24) is 0 Å². The van der Waals surface area contributed by atoms with Crippen LogP contribution in [-0.4, -0.2) is 12.2 Å². The highest BCUT2D eigenvalue weighted by Crippen LogP contribution is 2.38. The largest absolute Gasteiger partial charge is 0.325 e. The number of anilines is 1. The van der Waals surface area contributed by atoms with Gasteiger partial charge in [0.15, 0.2) is 0 Å². The van der Waals surface area contributed by atoms with Crippen LogP contribution < -0.4 is 5.32 Å². The SMILES string of the molecule is CSC1C(=O)Nc2cc(C)ccc21. The molecule has 0 aliphatic carbocycles. The topological polar surface area (TPSA) is 29.1 Å². The highest BCUT2D eigenvalue weighted by molar-refractivity contribution is 7.99. The van der Waals surface area contributed by atoms with Crippen molar-refractivity contribution in [3.05, 3.63) is 29.3 Å². The Hall–Kier alpha value is -0.960. The van der Waals surface area contributed by atoms with E-state index < -0.39 is 0 Å². The molecule has 13 heavy (non-hydrogen) atoms. The van der Waals surface area contributed by atoms with E-state index in [0.29, 0.717) is 0 Å². The second-order valence-corrected chi connectivity index (χ2v) is 4.14. The Bertz CT molecular complexity index is 362. The fourth-order valence-electron chi connectivity index (χ4n) is 1.58. The number of fused-ring (bicyclic) bond motifs is 1. The molecule has 1 aliphatic heterocycles. The van der Waals surface area contributed by atoms with Crippen molar-refractivity contribution in [2.24, 2.45) is 0 Å². The van der Waals surface area contributed by atoms with Crippen LogP contribution in [0.4, 0.5) is 5.69 Å². The molecule has 0 spiro atoms. The molecule has 1 aliphatic rings. The van der Waals surface area contributed by atoms with E-state index in [1.807, 2.05) is 31.4 Å². The summed E-state index contributed by atoms with van der Waals surface area (Å²) in [6.45, 7) is 2.03. The summed E-state index contributed by atoms with van der Waals surface area (Å²) < 4.78 is 0. The first-order valence-electron chi connectivity index (χ1n) is 4.16. The fraction of sp³-hybridized carbons (Fsp3) is 0.300. The van der Waals surface area contributed by atoms with E-state index in [9.17, 15) is 4.79 Å². The van der Waals surface area contributed by atoms with Crippen LogP contribution in [0.15, 0.2) is 18.2 Å². The van der Waals surface area contributed by atoms with Crippen LogP contribution >= 0.6 is 11.8 Å². The van der Waals surface area contributed by atoms with Gasteiger partial charge in [-0.2, -0.15) is 0 Å². The first-order valence-corrected chi connectivity index (χ1v) is 5.45. The smallest absolute Gasteiger partial charge is 0.242 e. The quantitative estimate of drug-likeness (QED) is 0.741. The summed E-state index contributed by atoms with van der Waals surface area (Å²) in [5.41, 5.74) is 3.27. The molecule has 0 saturated carbocycles. The van der Waals surface area contributed by atoms with Gasteiger partial charge in [0.25, 0.3) is 0 Å². The van der Waals surface area contributed by atoms with Crippen LogP contribution in [0.3, 0.4) is 0 Å². The number of nitrogens with one attached hydrogen (secondary N) is 1. The lowest BCUT2D eigenvalue weighted by molar-refractivity contribution is -0.115. The third-order valence-corrected chi connectivity index (χ3v) is 3.16. The van der Waals surface area contributed by atoms with Gasteiger partial charge in [0.1, 0.15) is 5.25 Å². The fourth-order valence-corrected chi connectivity index (χ4v) is 2.31. The Kier molecular flexibility index (Phi) is 2.04. The average Bonchev–Trinajstić information content (AvgIpc) is 2.39. The summed E-state index contributed by atoms with van der Waals surface area (Å²) in [6, 6.07) is 6.09. The predicted molar refractivity (Wildman–Crippen MR) is 56.1 cm³/mol. The molecule has 0 fully saturated rings. The zero-order valence-corrected chi connectivity index (χ0v) is 8.44. The molecule has 0 radical (unpaired) electrons. The molecular formula is C10H11NOS. The molecule has 1 N–H and O–H groups in total. The number of thioether (sulfide) groups is 1. The molecule has 2 nitrogen and oxygen atoms in total.